The van der Waals surface area contributed by atoms with Crippen LogP contribution >= 0.6 is 0 Å². The lowest BCUT2D eigenvalue weighted by atomic mass is 10.1. The van der Waals surface area contributed by atoms with Crippen LogP contribution in [0.3, 0.4) is 0 Å². The van der Waals surface area contributed by atoms with E-state index in [1.807, 2.05) is 0 Å². The third-order valence-corrected chi connectivity index (χ3v) is 2.89. The summed E-state index contributed by atoms with van der Waals surface area (Å²) in [6.07, 6.45) is 3.29. The Morgan fingerprint density at radius 2 is 2.12 bits per heavy atom. The van der Waals surface area contributed by atoms with Crippen molar-refractivity contribution in [3.63, 3.8) is 0 Å². The van der Waals surface area contributed by atoms with Gasteiger partial charge in [0.15, 0.2) is 0 Å². The topological polar surface area (TPSA) is 115 Å². The Hall–Kier alpha value is -2.18. The van der Waals surface area contributed by atoms with Crippen LogP contribution in [0.4, 0.5) is 5.82 Å². The molecule has 1 saturated heterocycles. The van der Waals surface area contributed by atoms with Crippen LogP contribution in [0.25, 0.3) is 0 Å². The number of rotatable bonds is 3. The van der Waals surface area contributed by atoms with E-state index in [0.717, 1.165) is 0 Å². The summed E-state index contributed by atoms with van der Waals surface area (Å²) in [5.74, 6) is -0.699. The average Bonchev–Trinajstić information content (AvgIpc) is 2.75. The average molecular weight is 235 g/mol. The van der Waals surface area contributed by atoms with E-state index in [-0.39, 0.29) is 5.92 Å². The standard InChI is InChI=1S/C10H13N5O2/c11-9(16)6-3-7(10(12)17)15(4-6)8-1-2-13-5-14-8/h1-2,5-7H,3-4H2,(H2,11,16)(H2,12,17). The number of primary amides is 2. The highest BCUT2D eigenvalue weighted by atomic mass is 16.2. The van der Waals surface area contributed by atoms with Crippen LogP contribution in [0, 0.1) is 5.92 Å². The largest absolute Gasteiger partial charge is 0.369 e. The lowest BCUT2D eigenvalue weighted by Crippen LogP contribution is -2.40. The molecular weight excluding hydrogens is 222 g/mol. The fourth-order valence-corrected chi connectivity index (χ4v) is 2.02. The van der Waals surface area contributed by atoms with Crippen molar-refractivity contribution in [1.29, 1.82) is 0 Å². The van der Waals surface area contributed by atoms with E-state index in [1.54, 1.807) is 17.2 Å². The van der Waals surface area contributed by atoms with Crippen LogP contribution in [-0.4, -0.2) is 34.4 Å². The van der Waals surface area contributed by atoms with Crippen LogP contribution in [0.1, 0.15) is 6.42 Å². The first-order chi connectivity index (χ1) is 8.09. The zero-order chi connectivity index (χ0) is 12.4. The Balaban J connectivity index is 2.26. The van der Waals surface area contributed by atoms with Gasteiger partial charge in [-0.1, -0.05) is 0 Å². The molecule has 1 aromatic rings. The molecule has 4 N–H and O–H groups in total. The van der Waals surface area contributed by atoms with E-state index in [0.29, 0.717) is 18.8 Å². The second kappa shape index (κ2) is 4.36. The molecule has 0 saturated carbocycles. The number of nitrogens with zero attached hydrogens (tertiary/aromatic N) is 3. The molecule has 1 aliphatic rings. The summed E-state index contributed by atoms with van der Waals surface area (Å²) in [7, 11) is 0. The molecule has 0 radical (unpaired) electrons. The fourth-order valence-electron chi connectivity index (χ4n) is 2.02. The fraction of sp³-hybridized carbons (Fsp3) is 0.400. The summed E-state index contributed by atoms with van der Waals surface area (Å²) in [4.78, 5) is 32.0. The molecular formula is C10H13N5O2. The van der Waals surface area contributed by atoms with Crippen LogP contribution in [0.2, 0.25) is 0 Å². The molecule has 1 aromatic heterocycles. The molecule has 2 unspecified atom stereocenters. The predicted molar refractivity (Wildman–Crippen MR) is 59.7 cm³/mol. The van der Waals surface area contributed by atoms with Crippen molar-refractivity contribution < 1.29 is 9.59 Å². The monoisotopic (exact) mass is 235 g/mol. The maximum absolute atomic E-state index is 11.3. The molecule has 1 fully saturated rings. The molecule has 2 atom stereocenters. The van der Waals surface area contributed by atoms with E-state index in [9.17, 15) is 9.59 Å². The number of amides is 2. The van der Waals surface area contributed by atoms with Gasteiger partial charge in [0.25, 0.3) is 0 Å². The molecule has 90 valence electrons. The molecule has 0 aromatic carbocycles. The predicted octanol–water partition coefficient (Wildman–Crippen LogP) is -1.36. The van der Waals surface area contributed by atoms with Gasteiger partial charge in [0, 0.05) is 12.7 Å². The number of nitrogens with two attached hydrogens (primary N) is 2. The van der Waals surface area contributed by atoms with Crippen molar-refractivity contribution in [3.05, 3.63) is 18.6 Å². The number of aromatic nitrogens is 2. The third-order valence-electron chi connectivity index (χ3n) is 2.89. The Bertz CT molecular complexity index is 436. The second-order valence-corrected chi connectivity index (χ2v) is 3.97. The first kappa shape index (κ1) is 11.3. The van der Waals surface area contributed by atoms with Gasteiger partial charge in [-0.3, -0.25) is 9.59 Å². The summed E-state index contributed by atoms with van der Waals surface area (Å²) in [6.45, 7) is 0.361. The highest BCUT2D eigenvalue weighted by Gasteiger charge is 2.38. The molecule has 2 heterocycles. The summed E-state index contributed by atoms with van der Waals surface area (Å²) in [5.41, 5.74) is 10.6. The van der Waals surface area contributed by atoms with Crippen molar-refractivity contribution in [2.75, 3.05) is 11.4 Å². The van der Waals surface area contributed by atoms with Crippen molar-refractivity contribution >= 4 is 17.6 Å². The molecule has 0 bridgehead atoms. The van der Waals surface area contributed by atoms with Crippen molar-refractivity contribution in [2.24, 2.45) is 17.4 Å². The molecule has 0 aliphatic carbocycles. The van der Waals surface area contributed by atoms with Crippen LogP contribution in [-0.2, 0) is 9.59 Å². The first-order valence-corrected chi connectivity index (χ1v) is 5.21. The Kier molecular flexibility index (Phi) is 2.90. The summed E-state index contributed by atoms with van der Waals surface area (Å²) >= 11 is 0. The zero-order valence-electron chi connectivity index (χ0n) is 9.11. The molecule has 0 spiro atoms. The molecule has 1 aliphatic heterocycles. The van der Waals surface area contributed by atoms with Crippen LogP contribution in [0.5, 0.6) is 0 Å². The summed E-state index contributed by atoms with van der Waals surface area (Å²) < 4.78 is 0. The molecule has 7 nitrogen and oxygen atoms in total. The van der Waals surface area contributed by atoms with Gasteiger partial charge in [-0.05, 0) is 12.5 Å². The minimum atomic E-state index is -0.539. The lowest BCUT2D eigenvalue weighted by Gasteiger charge is -2.22. The minimum absolute atomic E-state index is 0.342. The summed E-state index contributed by atoms with van der Waals surface area (Å²) in [6, 6.07) is 1.13. The highest BCUT2D eigenvalue weighted by molar-refractivity contribution is 5.87. The first-order valence-electron chi connectivity index (χ1n) is 5.21. The molecule has 7 heteroatoms. The highest BCUT2D eigenvalue weighted by Crippen LogP contribution is 2.27. The minimum Gasteiger partial charge on any atom is -0.369 e. The van der Waals surface area contributed by atoms with E-state index in [1.165, 1.54) is 6.33 Å². The Morgan fingerprint density at radius 3 is 2.65 bits per heavy atom. The van der Waals surface area contributed by atoms with Gasteiger partial charge in [0.1, 0.15) is 18.2 Å². The number of carbonyl (C=O) groups is 2. The van der Waals surface area contributed by atoms with Gasteiger partial charge in [-0.25, -0.2) is 9.97 Å². The quantitative estimate of drug-likeness (QED) is 0.671. The van der Waals surface area contributed by atoms with Crippen LogP contribution in [0.15, 0.2) is 18.6 Å². The van der Waals surface area contributed by atoms with Crippen molar-refractivity contribution in [3.8, 4) is 0 Å². The van der Waals surface area contributed by atoms with E-state index >= 15 is 0 Å². The second-order valence-electron chi connectivity index (χ2n) is 3.97. The van der Waals surface area contributed by atoms with Crippen molar-refractivity contribution in [1.82, 2.24) is 9.97 Å². The SMILES string of the molecule is NC(=O)C1CC(C(N)=O)N(c2ccncn2)C1. The summed E-state index contributed by atoms with van der Waals surface area (Å²) in [5, 5.41) is 0. The normalized spacial score (nSPS) is 23.6. The van der Waals surface area contributed by atoms with Gasteiger partial charge < -0.3 is 16.4 Å². The van der Waals surface area contributed by atoms with Gasteiger partial charge in [-0.2, -0.15) is 0 Å². The van der Waals surface area contributed by atoms with Gasteiger partial charge in [0.2, 0.25) is 11.8 Å². The number of carbonyl (C=O) groups excluding carboxylic acids is 2. The number of anilines is 1. The Morgan fingerprint density at radius 1 is 1.35 bits per heavy atom. The van der Waals surface area contributed by atoms with Gasteiger partial charge >= 0.3 is 0 Å². The third kappa shape index (κ3) is 2.17. The lowest BCUT2D eigenvalue weighted by molar-refractivity contribution is -0.121. The molecule has 17 heavy (non-hydrogen) atoms. The van der Waals surface area contributed by atoms with E-state index in [2.05, 4.69) is 9.97 Å². The van der Waals surface area contributed by atoms with Gasteiger partial charge in [0.05, 0.1) is 5.92 Å². The Labute approximate surface area is 97.8 Å². The molecule has 2 rings (SSSR count). The smallest absolute Gasteiger partial charge is 0.240 e. The van der Waals surface area contributed by atoms with Crippen LogP contribution < -0.4 is 16.4 Å². The maximum atomic E-state index is 11.3. The van der Waals surface area contributed by atoms with E-state index in [4.69, 9.17) is 11.5 Å². The van der Waals surface area contributed by atoms with Gasteiger partial charge in [-0.15, -0.1) is 0 Å². The number of hydrogen-bond donors (Lipinski definition) is 2. The maximum Gasteiger partial charge on any atom is 0.240 e. The number of hydrogen-bond acceptors (Lipinski definition) is 5. The van der Waals surface area contributed by atoms with E-state index < -0.39 is 17.9 Å². The molecule has 2 amide bonds. The van der Waals surface area contributed by atoms with Crippen molar-refractivity contribution in [2.45, 2.75) is 12.5 Å². The zero-order valence-corrected chi connectivity index (χ0v) is 9.11.